The molecule has 0 saturated carbocycles. The number of nitrogens with zero attached hydrogens (tertiary/aromatic N) is 2. The van der Waals surface area contributed by atoms with E-state index in [1.54, 1.807) is 31.6 Å². The molecule has 2 fully saturated rings. The molecule has 2 saturated heterocycles. The van der Waals surface area contributed by atoms with Crippen molar-refractivity contribution < 1.29 is 23.7 Å². The van der Waals surface area contributed by atoms with E-state index in [1.807, 2.05) is 17.0 Å². The van der Waals surface area contributed by atoms with Gasteiger partial charge in [0.25, 0.3) is 5.91 Å². The Morgan fingerprint density at radius 1 is 1.26 bits per heavy atom. The molecule has 0 N–H and O–H groups in total. The zero-order valence-corrected chi connectivity index (χ0v) is 17.8. The quantitative estimate of drug-likeness (QED) is 0.749. The normalized spacial score (nSPS) is 24.0. The highest BCUT2D eigenvalue weighted by atomic mass is 16.5. The number of likely N-dealkylation sites (tertiary alicyclic amines) is 1. The fourth-order valence-corrected chi connectivity index (χ4v) is 5.21. The van der Waals surface area contributed by atoms with Crippen LogP contribution in [0.2, 0.25) is 0 Å². The number of piperidine rings is 1. The molecule has 1 aromatic heterocycles. The third kappa shape index (κ3) is 3.71. The number of carbonyl (C=O) groups is 1. The van der Waals surface area contributed by atoms with Crippen LogP contribution in [-0.4, -0.2) is 54.8 Å². The van der Waals surface area contributed by atoms with Gasteiger partial charge >= 0.3 is 0 Å². The summed E-state index contributed by atoms with van der Waals surface area (Å²) in [6, 6.07) is 9.61. The molecule has 1 spiro atoms. The van der Waals surface area contributed by atoms with Gasteiger partial charge in [0.1, 0.15) is 11.4 Å². The summed E-state index contributed by atoms with van der Waals surface area (Å²) in [5.74, 6) is 2.42. The van der Waals surface area contributed by atoms with Crippen molar-refractivity contribution in [3.63, 3.8) is 0 Å². The van der Waals surface area contributed by atoms with Gasteiger partial charge in [0.05, 0.1) is 19.4 Å². The average Bonchev–Trinajstić information content (AvgIpc) is 2.83. The van der Waals surface area contributed by atoms with Crippen molar-refractivity contribution in [3.8, 4) is 17.2 Å². The van der Waals surface area contributed by atoms with Crippen molar-refractivity contribution in [1.82, 2.24) is 9.88 Å². The van der Waals surface area contributed by atoms with Gasteiger partial charge in [-0.1, -0.05) is 12.1 Å². The zero-order chi connectivity index (χ0) is 21.3. The van der Waals surface area contributed by atoms with E-state index in [4.69, 9.17) is 18.9 Å². The van der Waals surface area contributed by atoms with Crippen LogP contribution in [0, 0.1) is 5.92 Å². The first-order valence-electron chi connectivity index (χ1n) is 11.0. The fourth-order valence-electron chi connectivity index (χ4n) is 5.21. The van der Waals surface area contributed by atoms with Crippen LogP contribution < -0.4 is 14.2 Å². The van der Waals surface area contributed by atoms with Crippen molar-refractivity contribution in [2.45, 2.75) is 37.4 Å². The van der Waals surface area contributed by atoms with Crippen molar-refractivity contribution >= 4 is 5.91 Å². The Labute approximate surface area is 182 Å². The van der Waals surface area contributed by atoms with Crippen LogP contribution in [0.5, 0.6) is 17.2 Å². The minimum atomic E-state index is -0.340. The summed E-state index contributed by atoms with van der Waals surface area (Å²) in [5, 5.41) is 0. The molecule has 3 aliphatic rings. The summed E-state index contributed by atoms with van der Waals surface area (Å²) in [5.41, 5.74) is 0.742. The van der Waals surface area contributed by atoms with Crippen molar-refractivity contribution in [3.05, 3.63) is 48.3 Å². The lowest BCUT2D eigenvalue weighted by Crippen LogP contribution is -2.58. The van der Waals surface area contributed by atoms with E-state index in [-0.39, 0.29) is 30.1 Å². The maximum atomic E-state index is 12.7. The maximum Gasteiger partial charge on any atom is 0.260 e. The third-order valence-electron chi connectivity index (χ3n) is 6.80. The number of carbonyl (C=O) groups excluding carboxylic acids is 1. The summed E-state index contributed by atoms with van der Waals surface area (Å²) in [6.45, 7) is 2.07. The second-order valence-corrected chi connectivity index (χ2v) is 8.44. The number of hydrogen-bond acceptors (Lipinski definition) is 6. The molecule has 0 bridgehead atoms. The van der Waals surface area contributed by atoms with Crippen molar-refractivity contribution in [2.75, 3.05) is 33.4 Å². The van der Waals surface area contributed by atoms with Gasteiger partial charge in [-0.2, -0.15) is 0 Å². The van der Waals surface area contributed by atoms with E-state index in [0.717, 1.165) is 49.4 Å². The predicted octanol–water partition coefficient (Wildman–Crippen LogP) is 3.39. The van der Waals surface area contributed by atoms with Crippen LogP contribution in [0.3, 0.4) is 0 Å². The molecule has 1 amide bonds. The van der Waals surface area contributed by atoms with E-state index in [2.05, 4.69) is 11.1 Å². The van der Waals surface area contributed by atoms with Gasteiger partial charge < -0.3 is 23.8 Å². The van der Waals surface area contributed by atoms with Gasteiger partial charge in [-0.3, -0.25) is 9.78 Å². The van der Waals surface area contributed by atoms with Crippen LogP contribution in [0.25, 0.3) is 0 Å². The SMILES string of the molecule is COc1cccc2c1OC1(CCN(C(=O)COc3cccnc3)CC1)[C@H]1CCCO[C@H]21. The second kappa shape index (κ2) is 8.38. The van der Waals surface area contributed by atoms with E-state index in [1.165, 1.54) is 0 Å². The van der Waals surface area contributed by atoms with E-state index >= 15 is 0 Å². The molecule has 1 aromatic carbocycles. The van der Waals surface area contributed by atoms with Crippen LogP contribution in [0.15, 0.2) is 42.7 Å². The van der Waals surface area contributed by atoms with Crippen LogP contribution in [-0.2, 0) is 9.53 Å². The van der Waals surface area contributed by atoms with Crippen LogP contribution >= 0.6 is 0 Å². The summed E-state index contributed by atoms with van der Waals surface area (Å²) < 4.78 is 24.2. The number of para-hydroxylation sites is 1. The molecule has 0 unspecified atom stereocenters. The molecule has 2 atom stereocenters. The molecule has 7 nitrogen and oxygen atoms in total. The Bertz CT molecular complexity index is 927. The molecule has 5 rings (SSSR count). The lowest BCUT2D eigenvalue weighted by atomic mass is 9.70. The van der Waals surface area contributed by atoms with Crippen LogP contribution in [0.4, 0.5) is 0 Å². The Morgan fingerprint density at radius 2 is 2.13 bits per heavy atom. The van der Waals surface area contributed by atoms with Crippen molar-refractivity contribution in [1.29, 1.82) is 0 Å². The highest BCUT2D eigenvalue weighted by Crippen LogP contribution is 2.55. The number of hydrogen-bond donors (Lipinski definition) is 0. The molecule has 3 aliphatic heterocycles. The topological polar surface area (TPSA) is 70.1 Å². The van der Waals surface area contributed by atoms with Crippen molar-refractivity contribution in [2.24, 2.45) is 5.92 Å². The molecule has 31 heavy (non-hydrogen) atoms. The molecule has 164 valence electrons. The Hall–Kier alpha value is -2.80. The highest BCUT2D eigenvalue weighted by molar-refractivity contribution is 5.78. The van der Waals surface area contributed by atoms with E-state index in [0.29, 0.717) is 18.8 Å². The number of fused-ring (bicyclic) bond motifs is 4. The average molecular weight is 424 g/mol. The molecular formula is C24H28N2O5. The molecule has 7 heteroatoms. The molecule has 0 aliphatic carbocycles. The number of methoxy groups -OCH3 is 1. The predicted molar refractivity (Wildman–Crippen MR) is 113 cm³/mol. The zero-order valence-electron chi connectivity index (χ0n) is 17.8. The number of benzene rings is 1. The van der Waals surface area contributed by atoms with Gasteiger partial charge in [0.15, 0.2) is 18.1 Å². The molecule has 0 radical (unpaired) electrons. The number of ether oxygens (including phenoxy) is 4. The minimum Gasteiger partial charge on any atom is -0.493 e. The standard InChI is InChI=1S/C24H28N2O5/c1-28-20-8-2-6-18-22-19(7-4-14-29-22)24(31-23(18)20)9-12-26(13-10-24)21(27)16-30-17-5-3-11-25-15-17/h2-3,5-6,8,11,15,19,22H,4,7,9-10,12-14,16H2,1H3/t19-,22+/m0/s1. The third-order valence-corrected chi connectivity index (χ3v) is 6.80. The summed E-state index contributed by atoms with van der Waals surface area (Å²) >= 11 is 0. The molecule has 4 heterocycles. The number of pyridine rings is 1. The Balaban J connectivity index is 1.31. The maximum absolute atomic E-state index is 12.7. The van der Waals surface area contributed by atoms with Gasteiger partial charge in [0.2, 0.25) is 0 Å². The van der Waals surface area contributed by atoms with Gasteiger partial charge in [-0.15, -0.1) is 0 Å². The first-order valence-corrected chi connectivity index (χ1v) is 11.0. The largest absolute Gasteiger partial charge is 0.493 e. The Kier molecular flexibility index (Phi) is 5.44. The second-order valence-electron chi connectivity index (χ2n) is 8.44. The number of amides is 1. The summed E-state index contributed by atoms with van der Waals surface area (Å²) in [6.07, 6.45) is 6.96. The summed E-state index contributed by atoms with van der Waals surface area (Å²) in [4.78, 5) is 18.6. The monoisotopic (exact) mass is 424 g/mol. The first-order chi connectivity index (χ1) is 15.2. The fraction of sp³-hybridized carbons (Fsp3) is 0.500. The lowest BCUT2D eigenvalue weighted by Gasteiger charge is -2.53. The summed E-state index contributed by atoms with van der Waals surface area (Å²) in [7, 11) is 1.67. The first kappa shape index (κ1) is 20.1. The van der Waals surface area contributed by atoms with Crippen LogP contribution in [0.1, 0.15) is 37.4 Å². The number of rotatable bonds is 4. The minimum absolute atomic E-state index is 0.0102. The van der Waals surface area contributed by atoms with Gasteiger partial charge in [-0.05, 0) is 31.0 Å². The smallest absolute Gasteiger partial charge is 0.260 e. The van der Waals surface area contributed by atoms with E-state index in [9.17, 15) is 4.79 Å². The molecule has 2 aromatic rings. The van der Waals surface area contributed by atoms with Gasteiger partial charge in [-0.25, -0.2) is 0 Å². The number of aromatic nitrogens is 1. The van der Waals surface area contributed by atoms with Gasteiger partial charge in [0, 0.05) is 50.2 Å². The highest BCUT2D eigenvalue weighted by Gasteiger charge is 2.53. The lowest BCUT2D eigenvalue weighted by molar-refractivity contribution is -0.158. The van der Waals surface area contributed by atoms with E-state index < -0.39 is 0 Å². The molecular weight excluding hydrogens is 396 g/mol. The Morgan fingerprint density at radius 3 is 2.90 bits per heavy atom.